The van der Waals surface area contributed by atoms with E-state index in [0.29, 0.717) is 0 Å². The highest BCUT2D eigenvalue weighted by molar-refractivity contribution is 6.32. The van der Waals surface area contributed by atoms with Crippen molar-refractivity contribution in [1.82, 2.24) is 0 Å². The first-order valence-corrected chi connectivity index (χ1v) is 5.47. The Morgan fingerprint density at radius 3 is 2.41 bits per heavy atom. The maximum atomic E-state index is 12.7. The van der Waals surface area contributed by atoms with Crippen LogP contribution in [0.4, 0.5) is 13.2 Å². The highest BCUT2D eigenvalue weighted by Crippen LogP contribution is 2.31. The first kappa shape index (κ1) is 14.1. The van der Waals surface area contributed by atoms with Crippen molar-refractivity contribution in [2.45, 2.75) is 31.7 Å². The van der Waals surface area contributed by atoms with E-state index < -0.39 is 18.3 Å². The molecule has 2 nitrogen and oxygen atoms in total. The van der Waals surface area contributed by atoms with Gasteiger partial charge in [-0.05, 0) is 18.6 Å². The third kappa shape index (κ3) is 3.78. The summed E-state index contributed by atoms with van der Waals surface area (Å²) in [5.41, 5.74) is 5.41. The summed E-state index contributed by atoms with van der Waals surface area (Å²) in [6.45, 7) is 1.57. The molecule has 0 spiro atoms. The van der Waals surface area contributed by atoms with Gasteiger partial charge in [0.05, 0.1) is 11.1 Å². The first-order chi connectivity index (χ1) is 7.86. The van der Waals surface area contributed by atoms with E-state index in [-0.39, 0.29) is 17.2 Å². The molecule has 0 bridgehead atoms. The van der Waals surface area contributed by atoms with Crippen LogP contribution >= 0.6 is 11.6 Å². The van der Waals surface area contributed by atoms with Gasteiger partial charge in [0.25, 0.3) is 0 Å². The molecule has 2 N–H and O–H groups in total. The average Bonchev–Trinajstić information content (AvgIpc) is 2.25. The van der Waals surface area contributed by atoms with Gasteiger partial charge in [0.2, 0.25) is 6.10 Å². The number of halogens is 4. The van der Waals surface area contributed by atoms with Gasteiger partial charge in [-0.25, -0.2) is 0 Å². The number of hydrogen-bond donors (Lipinski definition) is 1. The lowest BCUT2D eigenvalue weighted by molar-refractivity contribution is -0.200. The van der Waals surface area contributed by atoms with Crippen molar-refractivity contribution >= 4 is 11.6 Å². The summed E-state index contributed by atoms with van der Waals surface area (Å²) in [4.78, 5) is 0. The van der Waals surface area contributed by atoms with E-state index in [4.69, 9.17) is 22.1 Å². The molecule has 0 fully saturated rings. The van der Waals surface area contributed by atoms with Crippen LogP contribution < -0.4 is 10.5 Å². The zero-order valence-corrected chi connectivity index (χ0v) is 9.92. The summed E-state index contributed by atoms with van der Waals surface area (Å²) < 4.78 is 43.1. The molecule has 1 aromatic carbocycles. The second-order valence-corrected chi connectivity index (χ2v) is 3.99. The number of rotatable bonds is 4. The Balaban J connectivity index is 2.91. The molecule has 0 saturated heterocycles. The maximum Gasteiger partial charge on any atom is 0.426 e. The summed E-state index contributed by atoms with van der Waals surface area (Å²) in [6, 6.07) is 4.88. The highest BCUT2D eigenvalue weighted by Gasteiger charge is 2.45. The molecule has 6 heteroatoms. The summed E-state index contributed by atoms with van der Waals surface area (Å²) >= 11 is 5.73. The number of benzene rings is 1. The Morgan fingerprint density at radius 2 is 1.94 bits per heavy atom. The third-order valence-electron chi connectivity index (χ3n) is 2.27. The van der Waals surface area contributed by atoms with Gasteiger partial charge in [0.1, 0.15) is 5.75 Å². The molecular weight excluding hydrogens is 255 g/mol. The molecule has 17 heavy (non-hydrogen) atoms. The van der Waals surface area contributed by atoms with E-state index in [2.05, 4.69) is 0 Å². The molecule has 0 aliphatic heterocycles. The van der Waals surface area contributed by atoms with Crippen molar-refractivity contribution in [2.75, 3.05) is 0 Å². The van der Waals surface area contributed by atoms with Gasteiger partial charge in [0, 0.05) is 0 Å². The van der Waals surface area contributed by atoms with Crippen molar-refractivity contribution in [3.05, 3.63) is 29.3 Å². The van der Waals surface area contributed by atoms with Crippen molar-refractivity contribution in [3.8, 4) is 5.75 Å². The van der Waals surface area contributed by atoms with E-state index in [1.54, 1.807) is 19.1 Å². The second-order valence-electron chi connectivity index (χ2n) is 3.58. The normalized spacial score (nSPS) is 15.4. The Hall–Kier alpha value is -0.940. The van der Waals surface area contributed by atoms with E-state index in [9.17, 15) is 13.2 Å². The predicted molar refractivity (Wildman–Crippen MR) is 60.2 cm³/mol. The van der Waals surface area contributed by atoms with Gasteiger partial charge in [-0.15, -0.1) is 0 Å². The summed E-state index contributed by atoms with van der Waals surface area (Å²) in [6.07, 6.45) is -6.41. The van der Waals surface area contributed by atoms with E-state index in [1.165, 1.54) is 12.1 Å². The Morgan fingerprint density at radius 1 is 1.35 bits per heavy atom. The van der Waals surface area contributed by atoms with Gasteiger partial charge in [-0.1, -0.05) is 30.7 Å². The van der Waals surface area contributed by atoms with Crippen LogP contribution in [0.3, 0.4) is 0 Å². The molecule has 0 heterocycles. The van der Waals surface area contributed by atoms with Crippen molar-refractivity contribution < 1.29 is 17.9 Å². The van der Waals surface area contributed by atoms with Crippen LogP contribution in [0.5, 0.6) is 5.75 Å². The lowest BCUT2D eigenvalue weighted by Gasteiger charge is -2.26. The molecule has 2 atom stereocenters. The number of nitrogens with two attached hydrogens (primary N) is 1. The van der Waals surface area contributed by atoms with Crippen LogP contribution in [0.25, 0.3) is 0 Å². The van der Waals surface area contributed by atoms with Gasteiger partial charge >= 0.3 is 6.18 Å². The average molecular weight is 268 g/mol. The summed E-state index contributed by atoms with van der Waals surface area (Å²) in [5, 5.41) is 0.130. The zero-order valence-electron chi connectivity index (χ0n) is 9.17. The standard InChI is InChI=1S/C11H13ClF3NO/c1-2-8(16)10(11(13,14)15)17-9-6-4-3-5-7(9)12/h3-6,8,10H,2,16H2,1H3. The van der Waals surface area contributed by atoms with Gasteiger partial charge in [-0.2, -0.15) is 13.2 Å². The van der Waals surface area contributed by atoms with E-state index in [1.807, 2.05) is 0 Å². The van der Waals surface area contributed by atoms with Crippen LogP contribution in [0.1, 0.15) is 13.3 Å². The van der Waals surface area contributed by atoms with Gasteiger partial charge in [0.15, 0.2) is 0 Å². The molecule has 1 aromatic rings. The van der Waals surface area contributed by atoms with Crippen molar-refractivity contribution in [1.29, 1.82) is 0 Å². The smallest absolute Gasteiger partial charge is 0.426 e. The molecule has 0 amide bonds. The first-order valence-electron chi connectivity index (χ1n) is 5.09. The molecule has 0 aliphatic carbocycles. The molecule has 0 radical (unpaired) electrons. The summed E-state index contributed by atoms with van der Waals surface area (Å²) in [5.74, 6) is -0.0135. The molecule has 0 saturated carbocycles. The molecule has 96 valence electrons. The lowest BCUT2D eigenvalue weighted by atomic mass is 10.1. The van der Waals surface area contributed by atoms with Crippen LogP contribution in [0, 0.1) is 0 Å². The fraction of sp³-hybridized carbons (Fsp3) is 0.455. The Bertz CT molecular complexity index is 370. The predicted octanol–water partition coefficient (Wildman–Crippen LogP) is 3.39. The minimum Gasteiger partial charge on any atom is -0.478 e. The quantitative estimate of drug-likeness (QED) is 0.908. The van der Waals surface area contributed by atoms with Crippen LogP contribution in [0.15, 0.2) is 24.3 Å². The van der Waals surface area contributed by atoms with Crippen LogP contribution in [-0.2, 0) is 0 Å². The summed E-state index contributed by atoms with van der Waals surface area (Å²) in [7, 11) is 0. The Labute approximate surface area is 103 Å². The van der Waals surface area contributed by atoms with Crippen LogP contribution in [0.2, 0.25) is 5.02 Å². The molecule has 2 unspecified atom stereocenters. The monoisotopic (exact) mass is 267 g/mol. The molecule has 1 rings (SSSR count). The number of ether oxygens (including phenoxy) is 1. The number of alkyl halides is 3. The van der Waals surface area contributed by atoms with Gasteiger partial charge in [-0.3, -0.25) is 0 Å². The molecule has 0 aromatic heterocycles. The van der Waals surface area contributed by atoms with Gasteiger partial charge < -0.3 is 10.5 Å². The molecule has 0 aliphatic rings. The lowest BCUT2D eigenvalue weighted by Crippen LogP contribution is -2.48. The third-order valence-corrected chi connectivity index (χ3v) is 2.59. The Kier molecular flexibility index (Phi) is 4.65. The topological polar surface area (TPSA) is 35.2 Å². The van der Waals surface area contributed by atoms with Crippen molar-refractivity contribution in [2.24, 2.45) is 5.73 Å². The second kappa shape index (κ2) is 5.60. The van der Waals surface area contributed by atoms with Crippen LogP contribution in [-0.4, -0.2) is 18.3 Å². The largest absolute Gasteiger partial charge is 0.478 e. The molecular formula is C11H13ClF3NO. The maximum absolute atomic E-state index is 12.7. The SMILES string of the molecule is CCC(N)C(Oc1ccccc1Cl)C(F)(F)F. The minimum absolute atomic E-state index is 0.0135. The fourth-order valence-corrected chi connectivity index (χ4v) is 1.47. The number of para-hydroxylation sites is 1. The fourth-order valence-electron chi connectivity index (χ4n) is 1.29. The minimum atomic E-state index is -4.52. The van der Waals surface area contributed by atoms with E-state index in [0.717, 1.165) is 0 Å². The number of hydrogen-bond acceptors (Lipinski definition) is 2. The zero-order chi connectivity index (χ0) is 13.1. The van der Waals surface area contributed by atoms with Crippen molar-refractivity contribution in [3.63, 3.8) is 0 Å². The highest BCUT2D eigenvalue weighted by atomic mass is 35.5. The van der Waals surface area contributed by atoms with E-state index >= 15 is 0 Å².